The van der Waals surface area contributed by atoms with E-state index in [2.05, 4.69) is 31.1 Å². The number of rotatable bonds is 2. The van der Waals surface area contributed by atoms with Crippen LogP contribution in [0.4, 0.5) is 0 Å². The van der Waals surface area contributed by atoms with E-state index < -0.39 is 8.07 Å². The van der Waals surface area contributed by atoms with Crippen molar-refractivity contribution in [1.82, 2.24) is 4.90 Å². The first-order valence-corrected chi connectivity index (χ1v) is 6.94. The van der Waals surface area contributed by atoms with Crippen LogP contribution >= 0.6 is 0 Å². The lowest BCUT2D eigenvalue weighted by molar-refractivity contribution is 0.565. The molecule has 1 radical (unpaired) electrons. The predicted octanol–water partition coefficient (Wildman–Crippen LogP) is 1.90. The molecule has 57 valence electrons. The maximum Gasteiger partial charge on any atom is 0.0883 e. The Morgan fingerprint density at radius 1 is 1.20 bits per heavy atom. The van der Waals surface area contributed by atoms with Crippen LogP contribution in [-0.4, -0.2) is 27.1 Å². The van der Waals surface area contributed by atoms with Crippen molar-refractivity contribution in [2.24, 2.45) is 0 Å². The van der Waals surface area contributed by atoms with Gasteiger partial charge in [0.25, 0.3) is 0 Å². The Bertz CT molecular complexity index is 147. The minimum Gasteiger partial charge on any atom is -0.377 e. The van der Waals surface area contributed by atoms with Crippen LogP contribution in [0.25, 0.3) is 0 Å². The van der Waals surface area contributed by atoms with Crippen molar-refractivity contribution < 1.29 is 0 Å². The zero-order valence-electron chi connectivity index (χ0n) is 7.52. The highest BCUT2D eigenvalue weighted by Crippen LogP contribution is 1.98. The van der Waals surface area contributed by atoms with Gasteiger partial charge in [-0.2, -0.15) is 0 Å². The first kappa shape index (κ1) is 9.54. The molecule has 1 nitrogen and oxygen atoms in total. The van der Waals surface area contributed by atoms with Gasteiger partial charge in [-0.05, 0) is 5.70 Å². The van der Waals surface area contributed by atoms with Crippen molar-refractivity contribution in [3.05, 3.63) is 17.6 Å². The minimum atomic E-state index is -1.14. The maximum absolute atomic E-state index is 3.24. The second-order valence-electron chi connectivity index (χ2n) is 3.61. The molecular weight excluding hydrogens is 138 g/mol. The van der Waals surface area contributed by atoms with E-state index in [9.17, 15) is 0 Å². The first-order chi connectivity index (χ1) is 4.42. The molecule has 0 aromatic carbocycles. The highest BCUT2D eigenvalue weighted by atomic mass is 28.3. The maximum atomic E-state index is 3.24. The van der Waals surface area contributed by atoms with E-state index in [1.165, 1.54) is 0 Å². The van der Waals surface area contributed by atoms with Gasteiger partial charge in [0.2, 0.25) is 0 Å². The van der Waals surface area contributed by atoms with Gasteiger partial charge < -0.3 is 4.90 Å². The Morgan fingerprint density at radius 2 is 1.70 bits per heavy atom. The van der Waals surface area contributed by atoms with Crippen molar-refractivity contribution in [3.63, 3.8) is 0 Å². The Hall–Kier alpha value is -0.463. The molecule has 0 aliphatic rings. The van der Waals surface area contributed by atoms with Gasteiger partial charge in [-0.25, -0.2) is 0 Å². The summed E-state index contributed by atoms with van der Waals surface area (Å²) in [5.41, 5.74) is 6.28. The Kier molecular flexibility index (Phi) is 3.47. The Balaban J connectivity index is 3.99. The number of nitrogens with zero attached hydrogens (tertiary/aromatic N) is 1. The van der Waals surface area contributed by atoms with Crippen LogP contribution < -0.4 is 0 Å². The van der Waals surface area contributed by atoms with Gasteiger partial charge in [0.05, 0.1) is 8.07 Å². The topological polar surface area (TPSA) is 3.24 Å². The molecule has 0 unspecified atom stereocenters. The van der Waals surface area contributed by atoms with Crippen molar-refractivity contribution in [2.75, 3.05) is 14.1 Å². The van der Waals surface area contributed by atoms with E-state index in [0.717, 1.165) is 0 Å². The molecule has 0 atom stereocenters. The van der Waals surface area contributed by atoms with Crippen molar-refractivity contribution in [2.45, 2.75) is 19.6 Å². The zero-order chi connectivity index (χ0) is 8.20. The Labute approximate surface area is 65.1 Å². The zero-order valence-corrected chi connectivity index (χ0v) is 8.52. The van der Waals surface area contributed by atoms with E-state index in [0.29, 0.717) is 0 Å². The molecule has 0 aliphatic heterocycles. The summed E-state index contributed by atoms with van der Waals surface area (Å²) in [7, 11) is 2.83. The summed E-state index contributed by atoms with van der Waals surface area (Å²) < 4.78 is 0. The van der Waals surface area contributed by atoms with Crippen LogP contribution in [0.5, 0.6) is 0 Å². The molecule has 2 heteroatoms. The molecule has 0 saturated carbocycles. The molecule has 0 rings (SSSR count). The summed E-state index contributed by atoms with van der Waals surface area (Å²) in [4.78, 5) is 1.97. The molecule has 0 saturated heterocycles. The van der Waals surface area contributed by atoms with Crippen LogP contribution in [0.2, 0.25) is 19.6 Å². The second-order valence-corrected chi connectivity index (χ2v) is 8.36. The van der Waals surface area contributed by atoms with Gasteiger partial charge in [-0.1, -0.05) is 19.6 Å². The highest BCUT2D eigenvalue weighted by molar-refractivity contribution is 6.78. The van der Waals surface area contributed by atoms with Gasteiger partial charge in [0.15, 0.2) is 0 Å². The number of hydrogen-bond donors (Lipinski definition) is 0. The van der Waals surface area contributed by atoms with Crippen molar-refractivity contribution in [1.29, 1.82) is 0 Å². The van der Waals surface area contributed by atoms with Crippen molar-refractivity contribution in [3.8, 4) is 0 Å². The molecule has 10 heavy (non-hydrogen) atoms. The van der Waals surface area contributed by atoms with Gasteiger partial charge in [0.1, 0.15) is 0 Å². The molecular formula is C8H16NSi. The summed E-state index contributed by atoms with van der Waals surface area (Å²) >= 11 is 0. The van der Waals surface area contributed by atoms with Gasteiger partial charge in [-0.3, -0.25) is 0 Å². The van der Waals surface area contributed by atoms with E-state index in [4.69, 9.17) is 0 Å². The van der Waals surface area contributed by atoms with E-state index >= 15 is 0 Å². The third-order valence-corrected chi connectivity index (χ3v) is 1.66. The average molecular weight is 154 g/mol. The highest BCUT2D eigenvalue weighted by Gasteiger charge is 2.06. The standard InChI is InChI=1S/C8H16NSi/c1-9(2)7-6-8-10(3,4)5/h7H,1-5H3. The molecule has 0 aromatic rings. The fourth-order valence-electron chi connectivity index (χ4n) is 0.378. The second kappa shape index (κ2) is 3.64. The van der Waals surface area contributed by atoms with Gasteiger partial charge in [0, 0.05) is 20.3 Å². The van der Waals surface area contributed by atoms with E-state index in [1.54, 1.807) is 0 Å². The molecule has 0 heterocycles. The van der Waals surface area contributed by atoms with Gasteiger partial charge >= 0.3 is 0 Å². The third kappa shape index (κ3) is 7.54. The fourth-order valence-corrected chi connectivity index (χ4v) is 0.875. The quantitative estimate of drug-likeness (QED) is 0.434. The molecule has 0 spiro atoms. The van der Waals surface area contributed by atoms with E-state index in [-0.39, 0.29) is 0 Å². The largest absolute Gasteiger partial charge is 0.377 e. The Morgan fingerprint density at radius 3 is 2.00 bits per heavy atom. The third-order valence-electron chi connectivity index (χ3n) is 0.770. The summed E-state index contributed by atoms with van der Waals surface area (Å²) in [6, 6.07) is 0. The summed E-state index contributed by atoms with van der Waals surface area (Å²) in [5, 5.41) is 0. The lowest BCUT2D eigenvalue weighted by Crippen LogP contribution is -2.15. The SMILES string of the molecule is CN(C)C=C=[C][Si](C)(C)C. The van der Waals surface area contributed by atoms with Crippen LogP contribution in [0.1, 0.15) is 0 Å². The van der Waals surface area contributed by atoms with Crippen molar-refractivity contribution >= 4 is 8.07 Å². The van der Waals surface area contributed by atoms with E-state index in [1.807, 2.05) is 25.2 Å². The van der Waals surface area contributed by atoms with Crippen LogP contribution in [0, 0.1) is 5.70 Å². The summed E-state index contributed by atoms with van der Waals surface area (Å²) in [6.45, 7) is 6.72. The molecule has 0 aromatic heterocycles. The molecule has 0 amide bonds. The molecule has 0 N–H and O–H groups in total. The van der Waals surface area contributed by atoms with Crippen LogP contribution in [-0.2, 0) is 0 Å². The average Bonchev–Trinajstić information content (AvgIpc) is 1.59. The minimum absolute atomic E-state index is 1.14. The predicted molar refractivity (Wildman–Crippen MR) is 48.4 cm³/mol. The smallest absolute Gasteiger partial charge is 0.0883 e. The first-order valence-electron chi connectivity index (χ1n) is 3.44. The summed E-state index contributed by atoms with van der Waals surface area (Å²) in [5.74, 6) is 0. The molecule has 0 aliphatic carbocycles. The molecule has 0 bridgehead atoms. The number of hydrogen-bond acceptors (Lipinski definition) is 1. The lowest BCUT2D eigenvalue weighted by atomic mass is 10.8. The molecule has 0 fully saturated rings. The van der Waals surface area contributed by atoms with Gasteiger partial charge in [-0.15, -0.1) is 5.73 Å². The van der Waals surface area contributed by atoms with Crippen LogP contribution in [0.3, 0.4) is 0 Å². The normalized spacial score (nSPS) is 10.1. The lowest BCUT2D eigenvalue weighted by Gasteiger charge is -2.05. The van der Waals surface area contributed by atoms with Crippen LogP contribution in [0.15, 0.2) is 11.9 Å². The fraction of sp³-hybridized carbons (Fsp3) is 0.625. The summed E-state index contributed by atoms with van der Waals surface area (Å²) in [6.07, 6.45) is 1.90. The monoisotopic (exact) mass is 154 g/mol.